The summed E-state index contributed by atoms with van der Waals surface area (Å²) in [7, 11) is 1.58. The summed E-state index contributed by atoms with van der Waals surface area (Å²) < 4.78 is 39.9. The predicted octanol–water partition coefficient (Wildman–Crippen LogP) is 3.06. The van der Waals surface area contributed by atoms with Gasteiger partial charge in [0.1, 0.15) is 5.82 Å². The van der Waals surface area contributed by atoms with Crippen molar-refractivity contribution in [3.63, 3.8) is 0 Å². The Morgan fingerprint density at radius 3 is 2.75 bits per heavy atom. The maximum absolute atomic E-state index is 12.8. The van der Waals surface area contributed by atoms with Crippen LogP contribution in [-0.2, 0) is 13.2 Å². The van der Waals surface area contributed by atoms with Gasteiger partial charge in [-0.05, 0) is 25.8 Å². The summed E-state index contributed by atoms with van der Waals surface area (Å²) in [5.74, 6) is 0.142. The van der Waals surface area contributed by atoms with Gasteiger partial charge in [0.25, 0.3) is 0 Å². The number of rotatable bonds is 5. The molecular weight excluding hydrogens is 319 g/mol. The third-order valence-electron chi connectivity index (χ3n) is 4.34. The summed E-state index contributed by atoms with van der Waals surface area (Å²) >= 11 is 0. The molecule has 130 valence electrons. The minimum atomic E-state index is -4.44. The summed E-state index contributed by atoms with van der Waals surface area (Å²) in [5.41, 5.74) is -0.860. The normalized spacial score (nSPS) is 20.3. The third-order valence-corrected chi connectivity index (χ3v) is 4.34. The lowest BCUT2D eigenvalue weighted by molar-refractivity contribution is -0.141. The monoisotopic (exact) mass is 339 g/mol. The van der Waals surface area contributed by atoms with Crippen LogP contribution in [0, 0.1) is 28.6 Å². The molecular formula is C16H20F3N5. The van der Waals surface area contributed by atoms with Crippen molar-refractivity contribution in [2.24, 2.45) is 13.0 Å². The van der Waals surface area contributed by atoms with Gasteiger partial charge in [0.2, 0.25) is 0 Å². The van der Waals surface area contributed by atoms with Crippen molar-refractivity contribution in [3.05, 3.63) is 17.7 Å². The van der Waals surface area contributed by atoms with Crippen LogP contribution in [0.1, 0.15) is 43.1 Å². The Labute approximate surface area is 139 Å². The summed E-state index contributed by atoms with van der Waals surface area (Å²) in [6, 6.07) is 4.25. The van der Waals surface area contributed by atoms with Crippen molar-refractivity contribution in [1.82, 2.24) is 14.5 Å². The highest BCUT2D eigenvalue weighted by Gasteiger charge is 2.36. The van der Waals surface area contributed by atoms with Crippen LogP contribution in [0.5, 0.6) is 0 Å². The third kappa shape index (κ3) is 4.48. The van der Waals surface area contributed by atoms with E-state index >= 15 is 0 Å². The molecule has 8 heteroatoms. The molecule has 0 saturated carbocycles. The van der Waals surface area contributed by atoms with Gasteiger partial charge in [0.05, 0.1) is 18.1 Å². The standard InChI is InChI=1S/C16H20F3N5/c1-23-11-14(16(17,18)19)22-15(23)13-5-3-7-24(10-13)9-12(8-21)4-2-6-20/h11-13H,2-5,7,9-10H2,1H3/t12-,13-/m0/s1. The molecule has 1 aromatic heterocycles. The zero-order valence-corrected chi connectivity index (χ0v) is 13.6. The van der Waals surface area contributed by atoms with Gasteiger partial charge in [-0.3, -0.25) is 0 Å². The lowest BCUT2D eigenvalue weighted by Crippen LogP contribution is -2.38. The number of alkyl halides is 3. The summed E-state index contributed by atoms with van der Waals surface area (Å²) in [5, 5.41) is 17.8. The molecule has 2 atom stereocenters. The lowest BCUT2D eigenvalue weighted by Gasteiger charge is -2.33. The number of aryl methyl sites for hydroxylation is 1. The number of halogens is 3. The van der Waals surface area contributed by atoms with E-state index in [1.54, 1.807) is 7.05 Å². The first-order valence-electron chi connectivity index (χ1n) is 7.94. The summed E-state index contributed by atoms with van der Waals surface area (Å²) in [4.78, 5) is 5.89. The Morgan fingerprint density at radius 1 is 1.42 bits per heavy atom. The van der Waals surface area contributed by atoms with Crippen molar-refractivity contribution >= 4 is 0 Å². The topological polar surface area (TPSA) is 68.6 Å². The zero-order valence-electron chi connectivity index (χ0n) is 13.6. The molecule has 0 aromatic carbocycles. The van der Waals surface area contributed by atoms with Crippen LogP contribution >= 0.6 is 0 Å². The molecule has 0 aliphatic carbocycles. The van der Waals surface area contributed by atoms with E-state index in [1.165, 1.54) is 4.57 Å². The maximum Gasteiger partial charge on any atom is 0.434 e. The molecule has 0 N–H and O–H groups in total. The fourth-order valence-electron chi connectivity index (χ4n) is 3.18. The van der Waals surface area contributed by atoms with Crippen molar-refractivity contribution in [1.29, 1.82) is 10.5 Å². The summed E-state index contributed by atoms with van der Waals surface area (Å²) in [6.07, 6.45) is -0.908. The average molecular weight is 339 g/mol. The van der Waals surface area contributed by atoms with E-state index in [0.29, 0.717) is 31.8 Å². The van der Waals surface area contributed by atoms with E-state index in [-0.39, 0.29) is 11.8 Å². The molecule has 0 bridgehead atoms. The molecule has 1 aliphatic heterocycles. The highest BCUT2D eigenvalue weighted by Crippen LogP contribution is 2.32. The van der Waals surface area contributed by atoms with Gasteiger partial charge < -0.3 is 9.47 Å². The van der Waals surface area contributed by atoms with Gasteiger partial charge in [0, 0.05) is 38.7 Å². The first kappa shape index (κ1) is 18.3. The number of nitriles is 2. The number of nitrogens with zero attached hydrogens (tertiary/aromatic N) is 5. The van der Waals surface area contributed by atoms with Crippen LogP contribution in [0.2, 0.25) is 0 Å². The van der Waals surface area contributed by atoms with E-state index in [0.717, 1.165) is 25.6 Å². The molecule has 24 heavy (non-hydrogen) atoms. The fourth-order valence-corrected chi connectivity index (χ4v) is 3.18. The zero-order chi connectivity index (χ0) is 17.7. The van der Waals surface area contributed by atoms with Gasteiger partial charge in [-0.15, -0.1) is 0 Å². The first-order valence-corrected chi connectivity index (χ1v) is 7.94. The number of likely N-dealkylation sites (tertiary alicyclic amines) is 1. The Hall–Kier alpha value is -2.06. The highest BCUT2D eigenvalue weighted by molar-refractivity contribution is 5.12. The Bertz CT molecular complexity index is 638. The van der Waals surface area contributed by atoms with Crippen molar-refractivity contribution < 1.29 is 13.2 Å². The van der Waals surface area contributed by atoms with Crippen LogP contribution in [0.3, 0.4) is 0 Å². The van der Waals surface area contributed by atoms with Crippen LogP contribution in [0.4, 0.5) is 13.2 Å². The van der Waals surface area contributed by atoms with E-state index in [4.69, 9.17) is 5.26 Å². The second-order valence-electron chi connectivity index (χ2n) is 6.21. The number of piperidine rings is 1. The van der Waals surface area contributed by atoms with Crippen molar-refractivity contribution in [2.45, 2.75) is 37.8 Å². The van der Waals surface area contributed by atoms with Crippen LogP contribution in [0.25, 0.3) is 0 Å². The largest absolute Gasteiger partial charge is 0.434 e. The maximum atomic E-state index is 12.8. The second kappa shape index (κ2) is 7.67. The van der Waals surface area contributed by atoms with Crippen LogP contribution in [-0.4, -0.2) is 34.1 Å². The molecule has 0 unspecified atom stereocenters. The number of imidazole rings is 1. The van der Waals surface area contributed by atoms with Gasteiger partial charge in [-0.25, -0.2) is 4.98 Å². The molecule has 1 saturated heterocycles. The summed E-state index contributed by atoms with van der Waals surface area (Å²) in [6.45, 7) is 1.95. The highest BCUT2D eigenvalue weighted by atomic mass is 19.4. The van der Waals surface area contributed by atoms with E-state index in [1.807, 2.05) is 6.07 Å². The molecule has 2 heterocycles. The van der Waals surface area contributed by atoms with E-state index in [9.17, 15) is 18.4 Å². The van der Waals surface area contributed by atoms with Gasteiger partial charge in [-0.1, -0.05) is 0 Å². The number of hydrogen-bond donors (Lipinski definition) is 0. The number of aromatic nitrogens is 2. The SMILES string of the molecule is Cn1cc(C(F)(F)F)nc1[C@H]1CCCN(C[C@H](C#N)CCC#N)C1. The van der Waals surface area contributed by atoms with Crippen LogP contribution in [0.15, 0.2) is 6.20 Å². The van der Waals surface area contributed by atoms with E-state index < -0.39 is 11.9 Å². The number of hydrogen-bond acceptors (Lipinski definition) is 4. The van der Waals surface area contributed by atoms with Gasteiger partial charge in [-0.2, -0.15) is 23.7 Å². The molecule has 2 rings (SSSR count). The van der Waals surface area contributed by atoms with Gasteiger partial charge >= 0.3 is 6.18 Å². The quantitative estimate of drug-likeness (QED) is 0.827. The van der Waals surface area contributed by atoms with Crippen LogP contribution < -0.4 is 0 Å². The molecule has 1 aromatic rings. The average Bonchev–Trinajstić information content (AvgIpc) is 2.94. The lowest BCUT2D eigenvalue weighted by atomic mass is 9.95. The molecule has 0 spiro atoms. The Kier molecular flexibility index (Phi) is 5.84. The molecule has 1 aliphatic rings. The molecule has 5 nitrogen and oxygen atoms in total. The minimum absolute atomic E-state index is 0.0739. The predicted molar refractivity (Wildman–Crippen MR) is 80.6 cm³/mol. The second-order valence-corrected chi connectivity index (χ2v) is 6.21. The minimum Gasteiger partial charge on any atom is -0.337 e. The van der Waals surface area contributed by atoms with Gasteiger partial charge in [0.15, 0.2) is 5.69 Å². The molecule has 0 amide bonds. The molecule has 1 fully saturated rings. The molecule has 0 radical (unpaired) electrons. The fraction of sp³-hybridized carbons (Fsp3) is 0.688. The first-order chi connectivity index (χ1) is 11.3. The van der Waals surface area contributed by atoms with Crippen molar-refractivity contribution in [3.8, 4) is 12.1 Å². The smallest absolute Gasteiger partial charge is 0.337 e. The Balaban J connectivity index is 2.04. The van der Waals surface area contributed by atoms with Crippen molar-refractivity contribution in [2.75, 3.05) is 19.6 Å². The Morgan fingerprint density at radius 2 is 2.17 bits per heavy atom. The van der Waals surface area contributed by atoms with E-state index in [2.05, 4.69) is 16.0 Å².